The maximum Gasteiger partial charge on any atom is 0.120 e. The number of H-pyrrole nitrogens is 1. The molecule has 4 heteroatoms. The van der Waals surface area contributed by atoms with E-state index >= 15 is 0 Å². The molecule has 1 aromatic carbocycles. The van der Waals surface area contributed by atoms with E-state index in [1.807, 2.05) is 24.3 Å². The highest BCUT2D eigenvalue weighted by atomic mass is 32.1. The summed E-state index contributed by atoms with van der Waals surface area (Å²) in [5.41, 5.74) is 8.06. The normalized spacial score (nSPS) is 26.5. The molecule has 0 amide bonds. The first-order valence-electron chi connectivity index (χ1n) is 6.12. The molecule has 1 fully saturated rings. The van der Waals surface area contributed by atoms with Crippen molar-refractivity contribution in [2.75, 3.05) is 0 Å². The van der Waals surface area contributed by atoms with Crippen molar-refractivity contribution in [2.24, 2.45) is 11.7 Å². The van der Waals surface area contributed by atoms with Gasteiger partial charge in [-0.1, -0.05) is 12.1 Å². The number of nitrogens with one attached hydrogen (secondary N) is 1. The highest BCUT2D eigenvalue weighted by Gasteiger charge is 2.29. The van der Waals surface area contributed by atoms with Gasteiger partial charge >= 0.3 is 0 Å². The minimum absolute atomic E-state index is 0.177. The lowest BCUT2D eigenvalue weighted by Crippen LogP contribution is -2.16. The van der Waals surface area contributed by atoms with Crippen LogP contribution in [-0.4, -0.2) is 16.0 Å². The Morgan fingerprint density at radius 2 is 2.18 bits per heavy atom. The molecule has 3 N–H and O–H groups in total. The van der Waals surface area contributed by atoms with E-state index in [1.165, 1.54) is 0 Å². The van der Waals surface area contributed by atoms with Gasteiger partial charge in [0.15, 0.2) is 0 Å². The molecule has 1 aliphatic carbocycles. The number of hydrogen-bond acceptors (Lipinski definition) is 3. The van der Waals surface area contributed by atoms with Crippen LogP contribution in [0.1, 0.15) is 30.3 Å². The average Bonchev–Trinajstić information content (AvgIpc) is 2.93. The zero-order chi connectivity index (χ0) is 11.8. The van der Waals surface area contributed by atoms with Crippen LogP contribution in [0.25, 0.3) is 11.0 Å². The molecule has 1 saturated carbocycles. The number of para-hydroxylation sites is 2. The lowest BCUT2D eigenvalue weighted by atomic mass is 10.0. The second kappa shape index (κ2) is 4.35. The third-order valence-electron chi connectivity index (χ3n) is 3.65. The van der Waals surface area contributed by atoms with Gasteiger partial charge in [-0.15, -0.1) is 0 Å². The predicted octanol–water partition coefficient (Wildman–Crippen LogP) is 2.66. The number of nitrogens with two attached hydrogens (primary N) is 1. The van der Waals surface area contributed by atoms with Crippen molar-refractivity contribution in [2.45, 2.75) is 30.6 Å². The van der Waals surface area contributed by atoms with E-state index in [-0.39, 0.29) is 5.25 Å². The average molecular weight is 247 g/mol. The number of nitrogens with zero attached hydrogens (tertiary/aromatic N) is 1. The second-order valence-corrected chi connectivity index (χ2v) is 5.47. The molecule has 3 nitrogen and oxygen atoms in total. The van der Waals surface area contributed by atoms with E-state index in [0.717, 1.165) is 36.1 Å². The van der Waals surface area contributed by atoms with Crippen molar-refractivity contribution >= 4 is 23.7 Å². The number of hydrogen-bond donors (Lipinski definition) is 3. The third kappa shape index (κ3) is 2.07. The van der Waals surface area contributed by atoms with Crippen LogP contribution in [0.2, 0.25) is 0 Å². The van der Waals surface area contributed by atoms with Gasteiger partial charge in [-0.25, -0.2) is 4.98 Å². The summed E-state index contributed by atoms with van der Waals surface area (Å²) < 4.78 is 0. The number of benzene rings is 1. The fourth-order valence-electron chi connectivity index (χ4n) is 2.68. The van der Waals surface area contributed by atoms with E-state index in [0.29, 0.717) is 12.0 Å². The van der Waals surface area contributed by atoms with Crippen LogP contribution in [0.3, 0.4) is 0 Å². The number of aromatic nitrogens is 2. The Kier molecular flexibility index (Phi) is 2.84. The van der Waals surface area contributed by atoms with Crippen molar-refractivity contribution < 1.29 is 0 Å². The van der Waals surface area contributed by atoms with Crippen molar-refractivity contribution in [1.82, 2.24) is 9.97 Å². The minimum Gasteiger partial charge on any atom is -0.341 e. The summed E-state index contributed by atoms with van der Waals surface area (Å²) in [6, 6.07) is 8.44. The first-order chi connectivity index (χ1) is 8.24. The molecule has 3 atom stereocenters. The Balaban J connectivity index is 1.87. The number of fused-ring (bicyclic) bond motifs is 1. The fourth-order valence-corrected chi connectivity index (χ4v) is 3.07. The largest absolute Gasteiger partial charge is 0.341 e. The number of imidazole rings is 1. The van der Waals surface area contributed by atoms with Gasteiger partial charge in [0.05, 0.1) is 16.3 Å². The highest BCUT2D eigenvalue weighted by Crippen LogP contribution is 2.38. The van der Waals surface area contributed by atoms with Gasteiger partial charge in [0.25, 0.3) is 0 Å². The summed E-state index contributed by atoms with van der Waals surface area (Å²) >= 11 is 4.72. The highest BCUT2D eigenvalue weighted by molar-refractivity contribution is 7.80. The molecule has 1 aromatic heterocycles. The van der Waals surface area contributed by atoms with E-state index in [2.05, 4.69) is 9.97 Å². The first kappa shape index (κ1) is 11.1. The summed E-state index contributed by atoms with van der Waals surface area (Å²) in [6.45, 7) is 0. The molecule has 0 aliphatic heterocycles. The Morgan fingerprint density at radius 1 is 1.35 bits per heavy atom. The van der Waals surface area contributed by atoms with Gasteiger partial charge in [-0.2, -0.15) is 12.6 Å². The molecular weight excluding hydrogens is 230 g/mol. The second-order valence-electron chi connectivity index (χ2n) is 4.92. The van der Waals surface area contributed by atoms with Gasteiger partial charge in [-0.3, -0.25) is 0 Å². The molecule has 0 radical (unpaired) electrons. The molecule has 2 aromatic rings. The monoisotopic (exact) mass is 247 g/mol. The Bertz CT molecular complexity index is 489. The van der Waals surface area contributed by atoms with Crippen LogP contribution >= 0.6 is 12.6 Å². The quantitative estimate of drug-likeness (QED) is 0.715. The summed E-state index contributed by atoms with van der Waals surface area (Å²) in [5, 5.41) is 0.177. The molecule has 90 valence electrons. The van der Waals surface area contributed by atoms with Crippen LogP contribution < -0.4 is 5.73 Å². The molecule has 17 heavy (non-hydrogen) atoms. The molecule has 0 spiro atoms. The Hall–Kier alpha value is -1.00. The van der Waals surface area contributed by atoms with Gasteiger partial charge in [-0.05, 0) is 37.3 Å². The molecule has 0 bridgehead atoms. The molecular formula is C13H17N3S. The minimum atomic E-state index is 0.177. The number of thiol groups is 1. The van der Waals surface area contributed by atoms with E-state index < -0.39 is 0 Å². The molecule has 0 saturated heterocycles. The van der Waals surface area contributed by atoms with E-state index in [9.17, 15) is 0 Å². The number of aromatic amines is 1. The molecule has 1 unspecified atom stereocenters. The smallest absolute Gasteiger partial charge is 0.120 e. The SMILES string of the molecule is N[C@@H]1CC[C@H](C(S)c2nc3ccccc3[nH]2)C1. The van der Waals surface area contributed by atoms with Crippen LogP contribution in [-0.2, 0) is 0 Å². The van der Waals surface area contributed by atoms with Crippen LogP contribution in [0, 0.1) is 5.92 Å². The van der Waals surface area contributed by atoms with Gasteiger partial charge in [0.1, 0.15) is 5.82 Å². The third-order valence-corrected chi connectivity index (χ3v) is 4.31. The van der Waals surface area contributed by atoms with E-state index in [1.54, 1.807) is 0 Å². The summed E-state index contributed by atoms with van der Waals surface area (Å²) in [4.78, 5) is 7.97. The fraction of sp³-hybridized carbons (Fsp3) is 0.462. The van der Waals surface area contributed by atoms with Gasteiger partial charge < -0.3 is 10.7 Å². The molecule has 1 aliphatic rings. The summed E-state index contributed by atoms with van der Waals surface area (Å²) in [5.74, 6) is 1.53. The maximum absolute atomic E-state index is 5.95. The van der Waals surface area contributed by atoms with Crippen LogP contribution in [0.4, 0.5) is 0 Å². The summed E-state index contributed by atoms with van der Waals surface area (Å²) in [6.07, 6.45) is 3.33. The van der Waals surface area contributed by atoms with Gasteiger partial charge in [0.2, 0.25) is 0 Å². The standard InChI is InChI=1S/C13H17N3S/c14-9-6-5-8(7-9)12(17)13-15-10-3-1-2-4-11(10)16-13/h1-4,8-9,12,17H,5-7,14H2,(H,15,16)/t8-,9+,12?/m0/s1. The lowest BCUT2D eigenvalue weighted by molar-refractivity contribution is 0.515. The molecule has 1 heterocycles. The van der Waals surface area contributed by atoms with Crippen LogP contribution in [0.15, 0.2) is 24.3 Å². The van der Waals surface area contributed by atoms with Crippen molar-refractivity contribution in [3.8, 4) is 0 Å². The Morgan fingerprint density at radius 3 is 2.88 bits per heavy atom. The maximum atomic E-state index is 5.95. The van der Waals surface area contributed by atoms with Crippen LogP contribution in [0.5, 0.6) is 0 Å². The lowest BCUT2D eigenvalue weighted by Gasteiger charge is -2.15. The van der Waals surface area contributed by atoms with Crippen molar-refractivity contribution in [1.29, 1.82) is 0 Å². The topological polar surface area (TPSA) is 54.7 Å². The Labute approximate surface area is 106 Å². The van der Waals surface area contributed by atoms with Gasteiger partial charge in [0, 0.05) is 6.04 Å². The van der Waals surface area contributed by atoms with E-state index in [4.69, 9.17) is 18.4 Å². The predicted molar refractivity (Wildman–Crippen MR) is 73.1 cm³/mol. The van der Waals surface area contributed by atoms with Crippen molar-refractivity contribution in [3.05, 3.63) is 30.1 Å². The number of rotatable bonds is 2. The van der Waals surface area contributed by atoms with Crippen molar-refractivity contribution in [3.63, 3.8) is 0 Å². The first-order valence-corrected chi connectivity index (χ1v) is 6.64. The zero-order valence-electron chi connectivity index (χ0n) is 9.63. The zero-order valence-corrected chi connectivity index (χ0v) is 10.5. The summed E-state index contributed by atoms with van der Waals surface area (Å²) in [7, 11) is 0. The molecule has 3 rings (SSSR count).